The first-order chi connectivity index (χ1) is 10.2. The van der Waals surface area contributed by atoms with Crippen molar-refractivity contribution in [2.75, 3.05) is 26.3 Å². The fourth-order valence-corrected chi connectivity index (χ4v) is 3.50. The van der Waals surface area contributed by atoms with Gasteiger partial charge in [-0.3, -0.25) is 0 Å². The summed E-state index contributed by atoms with van der Waals surface area (Å²) in [6, 6.07) is 3.86. The molecule has 0 aliphatic carbocycles. The summed E-state index contributed by atoms with van der Waals surface area (Å²) in [5.74, 6) is 0. The molecule has 1 aliphatic heterocycles. The Morgan fingerprint density at radius 3 is 2.50 bits per heavy atom. The van der Waals surface area contributed by atoms with E-state index in [9.17, 15) is 21.6 Å². The van der Waals surface area contributed by atoms with Crippen LogP contribution in [0.5, 0.6) is 0 Å². The van der Waals surface area contributed by atoms with Gasteiger partial charge in [0.15, 0.2) is 0 Å². The molecule has 9 heteroatoms. The Balaban J connectivity index is 2.13. The van der Waals surface area contributed by atoms with E-state index < -0.39 is 28.0 Å². The number of rotatable bonds is 4. The molecule has 2 rings (SSSR count). The summed E-state index contributed by atoms with van der Waals surface area (Å²) in [6.45, 7) is 2.57. The van der Waals surface area contributed by atoms with E-state index in [2.05, 4.69) is 4.72 Å². The Kier molecular flexibility index (Phi) is 5.10. The number of benzene rings is 1. The number of alkyl halides is 3. The largest absolute Gasteiger partial charge is 0.416 e. The minimum Gasteiger partial charge on any atom is -0.379 e. The lowest BCUT2D eigenvalue weighted by Crippen LogP contribution is -2.47. The second kappa shape index (κ2) is 6.53. The third kappa shape index (κ3) is 4.19. The highest BCUT2D eigenvalue weighted by atomic mass is 32.2. The van der Waals surface area contributed by atoms with E-state index in [-0.39, 0.29) is 18.7 Å². The van der Waals surface area contributed by atoms with Crippen LogP contribution in [0.2, 0.25) is 0 Å². The van der Waals surface area contributed by atoms with E-state index in [0.717, 1.165) is 12.1 Å². The Labute approximate surface area is 127 Å². The molecule has 1 fully saturated rings. The van der Waals surface area contributed by atoms with Gasteiger partial charge < -0.3 is 4.74 Å². The molecule has 1 N–H and O–H groups in total. The SMILES string of the molecule is CC(NS(=O)(=O)N1CCOCC1)c1cccc(C(F)(F)F)c1. The number of nitrogens with one attached hydrogen (secondary N) is 1. The van der Waals surface area contributed by atoms with E-state index >= 15 is 0 Å². The third-order valence-electron chi connectivity index (χ3n) is 3.35. The molecule has 1 heterocycles. The molecule has 1 aliphatic rings. The third-order valence-corrected chi connectivity index (χ3v) is 5.05. The predicted molar refractivity (Wildman–Crippen MR) is 74.3 cm³/mol. The minimum atomic E-state index is -4.46. The maximum absolute atomic E-state index is 12.7. The Morgan fingerprint density at radius 1 is 1.27 bits per heavy atom. The van der Waals surface area contributed by atoms with Gasteiger partial charge in [0.1, 0.15) is 0 Å². The molecular weight excluding hydrogens is 321 g/mol. The maximum Gasteiger partial charge on any atom is 0.416 e. The molecule has 22 heavy (non-hydrogen) atoms. The molecule has 1 aromatic carbocycles. The van der Waals surface area contributed by atoms with E-state index in [1.807, 2.05) is 0 Å². The fraction of sp³-hybridized carbons (Fsp3) is 0.538. The van der Waals surface area contributed by atoms with Crippen molar-refractivity contribution in [2.24, 2.45) is 0 Å². The van der Waals surface area contributed by atoms with Gasteiger partial charge in [-0.15, -0.1) is 0 Å². The molecule has 5 nitrogen and oxygen atoms in total. The molecule has 0 radical (unpaired) electrons. The monoisotopic (exact) mass is 338 g/mol. The fourth-order valence-electron chi connectivity index (χ4n) is 2.14. The summed E-state index contributed by atoms with van der Waals surface area (Å²) in [5, 5.41) is 0. The average molecular weight is 338 g/mol. The number of nitrogens with zero attached hydrogens (tertiary/aromatic N) is 1. The first-order valence-electron chi connectivity index (χ1n) is 6.72. The number of morpholine rings is 1. The summed E-state index contributed by atoms with van der Waals surface area (Å²) in [7, 11) is -3.76. The topological polar surface area (TPSA) is 58.6 Å². The van der Waals surface area contributed by atoms with E-state index in [1.165, 1.54) is 23.4 Å². The summed E-state index contributed by atoms with van der Waals surface area (Å²) < 4.78 is 71.2. The van der Waals surface area contributed by atoms with Crippen LogP contribution in [0.25, 0.3) is 0 Å². The highest BCUT2D eigenvalue weighted by Crippen LogP contribution is 2.30. The van der Waals surface area contributed by atoms with Crippen LogP contribution in [0.1, 0.15) is 24.1 Å². The van der Waals surface area contributed by atoms with Crippen molar-refractivity contribution >= 4 is 10.2 Å². The van der Waals surface area contributed by atoms with Crippen LogP contribution in [-0.4, -0.2) is 39.0 Å². The molecule has 0 spiro atoms. The lowest BCUT2D eigenvalue weighted by Gasteiger charge is -2.27. The van der Waals surface area contributed by atoms with Crippen molar-refractivity contribution in [1.29, 1.82) is 0 Å². The van der Waals surface area contributed by atoms with Crippen LogP contribution in [0.3, 0.4) is 0 Å². The van der Waals surface area contributed by atoms with Crippen molar-refractivity contribution in [3.63, 3.8) is 0 Å². The summed E-state index contributed by atoms with van der Waals surface area (Å²) in [5.41, 5.74) is -0.547. The van der Waals surface area contributed by atoms with Gasteiger partial charge >= 0.3 is 6.18 Å². The second-order valence-corrected chi connectivity index (χ2v) is 6.68. The van der Waals surface area contributed by atoms with Gasteiger partial charge in [0.25, 0.3) is 10.2 Å². The van der Waals surface area contributed by atoms with Crippen molar-refractivity contribution in [3.05, 3.63) is 35.4 Å². The van der Waals surface area contributed by atoms with Crippen molar-refractivity contribution in [1.82, 2.24) is 9.03 Å². The molecular formula is C13H17F3N2O3S. The van der Waals surface area contributed by atoms with Crippen molar-refractivity contribution < 1.29 is 26.3 Å². The molecule has 0 amide bonds. The zero-order chi connectivity index (χ0) is 16.4. The van der Waals surface area contributed by atoms with Crippen LogP contribution in [0.4, 0.5) is 13.2 Å². The minimum absolute atomic E-state index is 0.227. The second-order valence-electron chi connectivity index (χ2n) is 4.98. The highest BCUT2D eigenvalue weighted by molar-refractivity contribution is 7.87. The standard InChI is InChI=1S/C13H17F3N2O3S/c1-10(11-3-2-4-12(9-11)13(14,15)16)17-22(19,20)18-5-7-21-8-6-18/h2-4,9-10,17H,5-8H2,1H3. The van der Waals surface area contributed by atoms with Crippen LogP contribution >= 0.6 is 0 Å². The van der Waals surface area contributed by atoms with Gasteiger partial charge in [0.2, 0.25) is 0 Å². The van der Waals surface area contributed by atoms with Gasteiger partial charge in [-0.2, -0.15) is 30.6 Å². The van der Waals surface area contributed by atoms with Gasteiger partial charge in [-0.25, -0.2) is 0 Å². The van der Waals surface area contributed by atoms with Gasteiger partial charge in [0, 0.05) is 19.1 Å². The smallest absolute Gasteiger partial charge is 0.379 e. The summed E-state index contributed by atoms with van der Waals surface area (Å²) in [6.07, 6.45) is -4.46. The zero-order valence-electron chi connectivity index (χ0n) is 11.9. The molecule has 0 saturated carbocycles. The Morgan fingerprint density at radius 2 is 1.91 bits per heavy atom. The average Bonchev–Trinajstić information content (AvgIpc) is 2.47. The molecule has 0 aromatic heterocycles. The highest BCUT2D eigenvalue weighted by Gasteiger charge is 2.31. The van der Waals surface area contributed by atoms with Crippen LogP contribution in [0.15, 0.2) is 24.3 Å². The predicted octanol–water partition coefficient (Wildman–Crippen LogP) is 1.93. The normalized spacial score (nSPS) is 19.1. The maximum atomic E-state index is 12.7. The molecule has 1 saturated heterocycles. The van der Waals surface area contributed by atoms with Gasteiger partial charge in [-0.1, -0.05) is 12.1 Å². The van der Waals surface area contributed by atoms with Crippen molar-refractivity contribution in [2.45, 2.75) is 19.1 Å². The van der Waals surface area contributed by atoms with Crippen LogP contribution in [0, 0.1) is 0 Å². The van der Waals surface area contributed by atoms with Crippen LogP contribution in [-0.2, 0) is 21.1 Å². The zero-order valence-corrected chi connectivity index (χ0v) is 12.7. The van der Waals surface area contributed by atoms with Gasteiger partial charge in [-0.05, 0) is 24.6 Å². The van der Waals surface area contributed by atoms with Crippen molar-refractivity contribution in [3.8, 4) is 0 Å². The summed E-state index contributed by atoms with van der Waals surface area (Å²) >= 11 is 0. The molecule has 1 unspecified atom stereocenters. The number of hydrogen-bond acceptors (Lipinski definition) is 3. The lowest BCUT2D eigenvalue weighted by molar-refractivity contribution is -0.137. The number of halogens is 3. The number of hydrogen-bond donors (Lipinski definition) is 1. The molecule has 124 valence electrons. The van der Waals surface area contributed by atoms with Crippen LogP contribution < -0.4 is 4.72 Å². The Bertz CT molecular complexity index is 613. The first-order valence-corrected chi connectivity index (χ1v) is 8.16. The molecule has 1 atom stereocenters. The molecule has 0 bridgehead atoms. The molecule has 1 aromatic rings. The Hall–Kier alpha value is -1.16. The van der Waals surface area contributed by atoms with E-state index in [4.69, 9.17) is 4.74 Å². The first kappa shape index (κ1) is 17.2. The van der Waals surface area contributed by atoms with E-state index in [0.29, 0.717) is 13.2 Å². The van der Waals surface area contributed by atoms with Gasteiger partial charge in [0.05, 0.1) is 18.8 Å². The lowest BCUT2D eigenvalue weighted by atomic mass is 10.1. The summed E-state index contributed by atoms with van der Waals surface area (Å²) in [4.78, 5) is 0. The van der Waals surface area contributed by atoms with E-state index in [1.54, 1.807) is 0 Å². The quantitative estimate of drug-likeness (QED) is 0.913. The number of ether oxygens (including phenoxy) is 1.